The molecule has 1 aliphatic rings. The molecule has 1 fully saturated rings. The van der Waals surface area contributed by atoms with Gasteiger partial charge in [-0.3, -0.25) is 9.69 Å². The van der Waals surface area contributed by atoms with Gasteiger partial charge in [0.2, 0.25) is 5.89 Å². The maximum absolute atomic E-state index is 13.2. The van der Waals surface area contributed by atoms with Crippen molar-refractivity contribution < 1.29 is 22.4 Å². The molecule has 0 N–H and O–H groups in total. The SMILES string of the molecule is CN1CCN(C(=O)c2coc(CN(Cc3ccc(Cl)cc3)Cc3cccc(C(F)(F)F)c3)n2)CC1. The summed E-state index contributed by atoms with van der Waals surface area (Å²) in [5.41, 5.74) is 0.975. The van der Waals surface area contributed by atoms with Crippen molar-refractivity contribution in [1.29, 1.82) is 0 Å². The number of halogens is 4. The lowest BCUT2D eigenvalue weighted by molar-refractivity contribution is -0.137. The van der Waals surface area contributed by atoms with Crippen LogP contribution in [0.2, 0.25) is 5.02 Å². The van der Waals surface area contributed by atoms with Crippen LogP contribution in [0, 0.1) is 0 Å². The minimum absolute atomic E-state index is 0.185. The average Bonchev–Trinajstić information content (AvgIpc) is 3.29. The second kappa shape index (κ2) is 10.8. The Morgan fingerprint density at radius 2 is 1.71 bits per heavy atom. The molecule has 1 saturated heterocycles. The third-order valence-electron chi connectivity index (χ3n) is 5.90. The second-order valence-electron chi connectivity index (χ2n) is 8.69. The van der Waals surface area contributed by atoms with Gasteiger partial charge in [-0.05, 0) is 36.4 Å². The Bertz CT molecular complexity index is 1140. The zero-order chi connectivity index (χ0) is 25.0. The highest BCUT2D eigenvalue weighted by Crippen LogP contribution is 2.30. The van der Waals surface area contributed by atoms with E-state index < -0.39 is 11.7 Å². The standard InChI is InChI=1S/C25H26ClF3N4O2/c1-31-9-11-33(12-10-31)24(34)22-17-35-23(30-22)16-32(14-18-5-7-21(26)8-6-18)15-19-3-2-4-20(13-19)25(27,28)29/h2-8,13,17H,9-12,14-16H2,1H3. The highest BCUT2D eigenvalue weighted by atomic mass is 35.5. The van der Waals surface area contributed by atoms with Crippen LogP contribution in [-0.2, 0) is 25.8 Å². The van der Waals surface area contributed by atoms with Crippen LogP contribution < -0.4 is 0 Å². The molecule has 1 aliphatic heterocycles. The van der Waals surface area contributed by atoms with E-state index in [1.54, 1.807) is 23.1 Å². The highest BCUT2D eigenvalue weighted by molar-refractivity contribution is 6.30. The van der Waals surface area contributed by atoms with Crippen LogP contribution in [-0.4, -0.2) is 58.8 Å². The Kier molecular flexibility index (Phi) is 7.78. The molecule has 2 heterocycles. The van der Waals surface area contributed by atoms with Crippen LogP contribution in [0.1, 0.15) is 33.1 Å². The number of carbonyl (C=O) groups excluding carboxylic acids is 1. The predicted octanol–water partition coefficient (Wildman–Crippen LogP) is 4.94. The van der Waals surface area contributed by atoms with Crippen LogP contribution >= 0.6 is 11.6 Å². The van der Waals surface area contributed by atoms with Crippen molar-refractivity contribution in [2.75, 3.05) is 33.2 Å². The summed E-state index contributed by atoms with van der Waals surface area (Å²) in [7, 11) is 2.01. The number of likely N-dealkylation sites (N-methyl/N-ethyl adjacent to an activating group) is 1. The fourth-order valence-electron chi connectivity index (χ4n) is 3.96. The van der Waals surface area contributed by atoms with Crippen LogP contribution in [0.3, 0.4) is 0 Å². The largest absolute Gasteiger partial charge is 0.447 e. The maximum Gasteiger partial charge on any atom is 0.416 e. The van der Waals surface area contributed by atoms with Gasteiger partial charge in [-0.15, -0.1) is 0 Å². The van der Waals surface area contributed by atoms with Crippen molar-refractivity contribution in [1.82, 2.24) is 19.7 Å². The topological polar surface area (TPSA) is 52.8 Å². The van der Waals surface area contributed by atoms with E-state index in [9.17, 15) is 18.0 Å². The summed E-state index contributed by atoms with van der Waals surface area (Å²) in [5, 5.41) is 0.595. The average molecular weight is 507 g/mol. The predicted molar refractivity (Wildman–Crippen MR) is 126 cm³/mol. The summed E-state index contributed by atoms with van der Waals surface area (Å²) < 4.78 is 45.2. The molecule has 0 unspecified atom stereocenters. The molecule has 4 rings (SSSR count). The van der Waals surface area contributed by atoms with Crippen molar-refractivity contribution in [3.8, 4) is 0 Å². The van der Waals surface area contributed by atoms with Gasteiger partial charge in [-0.2, -0.15) is 13.2 Å². The Balaban J connectivity index is 1.51. The van der Waals surface area contributed by atoms with E-state index in [4.69, 9.17) is 16.0 Å². The summed E-state index contributed by atoms with van der Waals surface area (Å²) >= 11 is 5.99. The van der Waals surface area contributed by atoms with Gasteiger partial charge in [0.25, 0.3) is 5.91 Å². The minimum atomic E-state index is -4.42. The number of nitrogens with zero attached hydrogens (tertiary/aromatic N) is 4. The minimum Gasteiger partial charge on any atom is -0.447 e. The molecule has 2 aromatic carbocycles. The molecule has 0 bridgehead atoms. The molecule has 6 nitrogen and oxygen atoms in total. The number of oxazole rings is 1. The van der Waals surface area contributed by atoms with E-state index in [0.29, 0.717) is 36.1 Å². The number of rotatable bonds is 7. The van der Waals surface area contributed by atoms with Gasteiger partial charge in [-0.25, -0.2) is 4.98 Å². The fourth-order valence-corrected chi connectivity index (χ4v) is 4.09. The van der Waals surface area contributed by atoms with Crippen molar-refractivity contribution in [2.24, 2.45) is 0 Å². The van der Waals surface area contributed by atoms with Crippen LogP contribution in [0.5, 0.6) is 0 Å². The first kappa shape index (κ1) is 25.2. The van der Waals surface area contributed by atoms with E-state index in [-0.39, 0.29) is 24.7 Å². The zero-order valence-corrected chi connectivity index (χ0v) is 20.0. The number of hydrogen-bond donors (Lipinski definition) is 0. The summed E-state index contributed by atoms with van der Waals surface area (Å²) in [6.45, 7) is 3.71. The molecule has 186 valence electrons. The van der Waals surface area contributed by atoms with Gasteiger partial charge in [0.05, 0.1) is 12.1 Å². The van der Waals surface area contributed by atoms with E-state index in [1.165, 1.54) is 12.3 Å². The van der Waals surface area contributed by atoms with Gasteiger partial charge < -0.3 is 14.2 Å². The molecule has 0 aliphatic carbocycles. The number of hydrogen-bond acceptors (Lipinski definition) is 5. The van der Waals surface area contributed by atoms with Crippen molar-refractivity contribution in [2.45, 2.75) is 25.8 Å². The number of carbonyl (C=O) groups is 1. The normalized spacial score (nSPS) is 15.1. The third-order valence-corrected chi connectivity index (χ3v) is 6.15. The second-order valence-corrected chi connectivity index (χ2v) is 9.13. The van der Waals surface area contributed by atoms with E-state index in [1.807, 2.05) is 24.1 Å². The lowest BCUT2D eigenvalue weighted by Gasteiger charge is -2.31. The number of piperazine rings is 1. The van der Waals surface area contributed by atoms with Gasteiger partial charge in [0, 0.05) is 44.3 Å². The third kappa shape index (κ3) is 6.84. The molecule has 35 heavy (non-hydrogen) atoms. The monoisotopic (exact) mass is 506 g/mol. The van der Waals surface area contributed by atoms with Crippen LogP contribution in [0.15, 0.2) is 59.2 Å². The number of alkyl halides is 3. The van der Waals surface area contributed by atoms with E-state index in [0.717, 1.165) is 30.8 Å². The highest BCUT2D eigenvalue weighted by Gasteiger charge is 2.30. The van der Waals surface area contributed by atoms with Gasteiger partial charge in [0.1, 0.15) is 6.26 Å². The Morgan fingerprint density at radius 1 is 1.03 bits per heavy atom. The van der Waals surface area contributed by atoms with E-state index in [2.05, 4.69) is 9.88 Å². The first-order chi connectivity index (χ1) is 16.7. The lowest BCUT2D eigenvalue weighted by atomic mass is 10.1. The van der Waals surface area contributed by atoms with Gasteiger partial charge >= 0.3 is 6.18 Å². The Hall–Kier alpha value is -2.88. The maximum atomic E-state index is 13.2. The van der Waals surface area contributed by atoms with Gasteiger partial charge in [0.15, 0.2) is 5.69 Å². The number of benzene rings is 2. The molecule has 1 aromatic heterocycles. The number of aromatic nitrogens is 1. The van der Waals surface area contributed by atoms with Crippen molar-refractivity contribution in [3.63, 3.8) is 0 Å². The summed E-state index contributed by atoms with van der Waals surface area (Å²) in [6.07, 6.45) is -3.07. The smallest absolute Gasteiger partial charge is 0.416 e. The van der Waals surface area contributed by atoms with Crippen molar-refractivity contribution in [3.05, 3.63) is 88.1 Å². The molecule has 10 heteroatoms. The van der Waals surface area contributed by atoms with Crippen LogP contribution in [0.25, 0.3) is 0 Å². The molecule has 3 aromatic rings. The lowest BCUT2D eigenvalue weighted by Crippen LogP contribution is -2.47. The first-order valence-corrected chi connectivity index (χ1v) is 11.6. The molecule has 0 atom stereocenters. The first-order valence-electron chi connectivity index (χ1n) is 11.2. The Labute approximate surface area is 206 Å². The summed E-state index contributed by atoms with van der Waals surface area (Å²) in [6, 6.07) is 12.5. The number of amides is 1. The summed E-state index contributed by atoms with van der Waals surface area (Å²) in [5.74, 6) is 0.138. The molecular formula is C25H26ClF3N4O2. The van der Waals surface area contributed by atoms with Gasteiger partial charge in [-0.1, -0.05) is 41.9 Å². The fraction of sp³-hybridized carbons (Fsp3) is 0.360. The molecule has 0 spiro atoms. The molecule has 1 amide bonds. The van der Waals surface area contributed by atoms with Crippen LogP contribution in [0.4, 0.5) is 13.2 Å². The zero-order valence-electron chi connectivity index (χ0n) is 19.3. The van der Waals surface area contributed by atoms with E-state index >= 15 is 0 Å². The quantitative estimate of drug-likeness (QED) is 0.454. The Morgan fingerprint density at radius 3 is 2.40 bits per heavy atom. The molecule has 0 radical (unpaired) electrons. The summed E-state index contributed by atoms with van der Waals surface area (Å²) in [4.78, 5) is 23.0. The van der Waals surface area contributed by atoms with Crippen molar-refractivity contribution >= 4 is 17.5 Å². The molecular weight excluding hydrogens is 481 g/mol. The molecule has 0 saturated carbocycles.